The molecule has 0 aromatic rings. The number of epoxide rings is 1. The molecule has 0 aromatic carbocycles. The van der Waals surface area contributed by atoms with Crippen LogP contribution in [0.3, 0.4) is 0 Å². The summed E-state index contributed by atoms with van der Waals surface area (Å²) in [5.74, 6) is 0.0154. The van der Waals surface area contributed by atoms with E-state index in [2.05, 4.69) is 6.92 Å². The van der Waals surface area contributed by atoms with Crippen molar-refractivity contribution in [3.05, 3.63) is 0 Å². The predicted octanol–water partition coefficient (Wildman–Crippen LogP) is 2.84. The number of ether oxygens (including phenoxy) is 1. The highest BCUT2D eigenvalue weighted by Crippen LogP contribution is 2.56. The van der Waals surface area contributed by atoms with E-state index >= 15 is 0 Å². The first-order valence-electron chi connectivity index (χ1n) is 7.05. The minimum atomic E-state index is -0.564. The topological polar surface area (TPSA) is 49.8 Å². The van der Waals surface area contributed by atoms with Crippen LogP contribution in [0.25, 0.3) is 0 Å². The van der Waals surface area contributed by atoms with Crippen LogP contribution in [0.4, 0.5) is 0 Å². The third-order valence-corrected chi connectivity index (χ3v) is 5.50. The highest BCUT2D eigenvalue weighted by molar-refractivity contribution is 5.76. The number of rotatable bonds is 2. The van der Waals surface area contributed by atoms with Crippen LogP contribution in [0.15, 0.2) is 0 Å². The normalized spacial score (nSPS) is 46.3. The lowest BCUT2D eigenvalue weighted by Gasteiger charge is -2.45. The quantitative estimate of drug-likeness (QED) is 0.752. The number of hydrogen-bond donors (Lipinski definition) is 1. The Morgan fingerprint density at radius 2 is 1.94 bits per heavy atom. The van der Waals surface area contributed by atoms with Crippen LogP contribution >= 0.6 is 0 Å². The van der Waals surface area contributed by atoms with Crippen molar-refractivity contribution in [1.82, 2.24) is 0 Å². The van der Waals surface area contributed by atoms with Gasteiger partial charge >= 0.3 is 5.97 Å². The molecule has 1 heterocycles. The molecule has 3 nitrogen and oxygen atoms in total. The molecular weight excluding hydrogens is 216 g/mol. The van der Waals surface area contributed by atoms with Gasteiger partial charge in [-0.1, -0.05) is 26.2 Å². The second-order valence-electron chi connectivity index (χ2n) is 6.15. The van der Waals surface area contributed by atoms with Crippen molar-refractivity contribution in [3.8, 4) is 0 Å². The molecule has 17 heavy (non-hydrogen) atoms. The molecule has 96 valence electrons. The molecule has 0 bridgehead atoms. The molecule has 1 aliphatic heterocycles. The molecule has 2 saturated carbocycles. The van der Waals surface area contributed by atoms with Crippen LogP contribution in [-0.2, 0) is 9.53 Å². The van der Waals surface area contributed by atoms with Crippen molar-refractivity contribution < 1.29 is 14.6 Å². The molecule has 0 spiro atoms. The van der Waals surface area contributed by atoms with Gasteiger partial charge in [0.2, 0.25) is 0 Å². The van der Waals surface area contributed by atoms with Gasteiger partial charge in [-0.3, -0.25) is 4.79 Å². The van der Waals surface area contributed by atoms with Crippen molar-refractivity contribution in [3.63, 3.8) is 0 Å². The number of carboxylic acids is 1. The number of carboxylic acid groups (broad SMARTS) is 1. The summed E-state index contributed by atoms with van der Waals surface area (Å²) in [6, 6.07) is 0. The van der Waals surface area contributed by atoms with E-state index in [1.54, 1.807) is 0 Å². The molecule has 4 atom stereocenters. The Bertz CT molecular complexity index is 321. The summed E-state index contributed by atoms with van der Waals surface area (Å²) in [7, 11) is 0. The summed E-state index contributed by atoms with van der Waals surface area (Å²) in [4.78, 5) is 11.9. The molecule has 1 saturated heterocycles. The van der Waals surface area contributed by atoms with Crippen LogP contribution in [-0.4, -0.2) is 23.3 Å². The Morgan fingerprint density at radius 3 is 2.59 bits per heavy atom. The summed E-state index contributed by atoms with van der Waals surface area (Å²) in [6.45, 7) is 2.10. The fourth-order valence-electron chi connectivity index (χ4n) is 4.40. The van der Waals surface area contributed by atoms with Gasteiger partial charge in [0.15, 0.2) is 0 Å². The maximum atomic E-state index is 11.9. The molecule has 3 fully saturated rings. The number of aliphatic carboxylic acids is 1. The lowest BCUT2D eigenvalue weighted by Crippen LogP contribution is -2.49. The smallest absolute Gasteiger partial charge is 0.310 e. The Balaban J connectivity index is 1.88. The molecule has 2 aliphatic carbocycles. The number of hydrogen-bond acceptors (Lipinski definition) is 2. The van der Waals surface area contributed by atoms with Crippen molar-refractivity contribution in [2.45, 2.75) is 64.1 Å². The second kappa shape index (κ2) is 3.98. The van der Waals surface area contributed by atoms with Gasteiger partial charge in [0.25, 0.3) is 0 Å². The molecule has 0 amide bonds. The fraction of sp³-hybridized carbons (Fsp3) is 0.929. The average Bonchev–Trinajstić information content (AvgIpc) is 3.11. The van der Waals surface area contributed by atoms with E-state index in [4.69, 9.17) is 4.74 Å². The van der Waals surface area contributed by atoms with Crippen molar-refractivity contribution in [2.24, 2.45) is 17.3 Å². The molecule has 1 N–H and O–H groups in total. The van der Waals surface area contributed by atoms with E-state index in [1.807, 2.05) is 0 Å². The number of carbonyl (C=O) groups is 1. The standard InChI is InChI=1S/C14H22O3/c1-9-12-11(17-12)7-8-14(9,13(15)16)10-5-3-2-4-6-10/h9-12H,2-8H2,1H3,(H,15,16). The van der Waals surface area contributed by atoms with Crippen molar-refractivity contribution in [2.75, 3.05) is 0 Å². The third kappa shape index (κ3) is 1.62. The average molecular weight is 238 g/mol. The minimum Gasteiger partial charge on any atom is -0.481 e. The van der Waals surface area contributed by atoms with Crippen LogP contribution in [0, 0.1) is 17.3 Å². The molecule has 3 heteroatoms. The van der Waals surface area contributed by atoms with Gasteiger partial charge in [-0.2, -0.15) is 0 Å². The zero-order valence-electron chi connectivity index (χ0n) is 10.5. The Kier molecular flexibility index (Phi) is 2.69. The van der Waals surface area contributed by atoms with Gasteiger partial charge in [-0.15, -0.1) is 0 Å². The van der Waals surface area contributed by atoms with Crippen LogP contribution < -0.4 is 0 Å². The molecule has 0 radical (unpaired) electrons. The van der Waals surface area contributed by atoms with Crippen molar-refractivity contribution >= 4 is 5.97 Å². The lowest BCUT2D eigenvalue weighted by atomic mass is 9.57. The van der Waals surface area contributed by atoms with Gasteiger partial charge < -0.3 is 9.84 Å². The maximum absolute atomic E-state index is 11.9. The van der Waals surface area contributed by atoms with Crippen LogP contribution in [0.1, 0.15) is 51.9 Å². The number of fused-ring (bicyclic) bond motifs is 1. The van der Waals surface area contributed by atoms with Gasteiger partial charge in [0.05, 0.1) is 17.6 Å². The van der Waals surface area contributed by atoms with E-state index in [0.29, 0.717) is 12.0 Å². The molecule has 0 aromatic heterocycles. The monoisotopic (exact) mass is 238 g/mol. The maximum Gasteiger partial charge on any atom is 0.310 e. The summed E-state index contributed by atoms with van der Waals surface area (Å²) in [5.41, 5.74) is -0.488. The minimum absolute atomic E-state index is 0.196. The SMILES string of the molecule is CC1C2OC2CCC1(C(=O)O)C1CCCCC1. The highest BCUT2D eigenvalue weighted by Gasteiger charge is 2.61. The van der Waals surface area contributed by atoms with Gasteiger partial charge in [0.1, 0.15) is 0 Å². The van der Waals surface area contributed by atoms with Crippen LogP contribution in [0.2, 0.25) is 0 Å². The summed E-state index contributed by atoms with van der Waals surface area (Å²) in [6.07, 6.45) is 8.31. The predicted molar refractivity (Wildman–Crippen MR) is 63.7 cm³/mol. The molecule has 4 unspecified atom stereocenters. The lowest BCUT2D eigenvalue weighted by molar-refractivity contribution is -0.161. The fourth-order valence-corrected chi connectivity index (χ4v) is 4.40. The first-order chi connectivity index (χ1) is 8.16. The first-order valence-corrected chi connectivity index (χ1v) is 7.05. The van der Waals surface area contributed by atoms with E-state index in [9.17, 15) is 9.90 Å². The first kappa shape index (κ1) is 11.5. The second-order valence-corrected chi connectivity index (χ2v) is 6.15. The van der Waals surface area contributed by atoms with E-state index in [-0.39, 0.29) is 12.0 Å². The third-order valence-electron chi connectivity index (χ3n) is 5.50. The van der Waals surface area contributed by atoms with Gasteiger partial charge in [-0.05, 0) is 31.6 Å². The summed E-state index contributed by atoms with van der Waals surface area (Å²) in [5, 5.41) is 9.79. The van der Waals surface area contributed by atoms with E-state index < -0.39 is 11.4 Å². The Morgan fingerprint density at radius 1 is 1.24 bits per heavy atom. The zero-order valence-corrected chi connectivity index (χ0v) is 10.5. The van der Waals surface area contributed by atoms with E-state index in [1.165, 1.54) is 19.3 Å². The molecular formula is C14H22O3. The highest BCUT2D eigenvalue weighted by atomic mass is 16.6. The Labute approximate surface area is 103 Å². The van der Waals surface area contributed by atoms with Gasteiger partial charge in [0, 0.05) is 5.92 Å². The zero-order chi connectivity index (χ0) is 12.0. The van der Waals surface area contributed by atoms with Crippen LogP contribution in [0.5, 0.6) is 0 Å². The van der Waals surface area contributed by atoms with Crippen molar-refractivity contribution in [1.29, 1.82) is 0 Å². The molecule has 3 aliphatic rings. The summed E-state index contributed by atoms with van der Waals surface area (Å²) < 4.78 is 5.62. The van der Waals surface area contributed by atoms with E-state index in [0.717, 1.165) is 25.7 Å². The molecule has 3 rings (SSSR count). The largest absolute Gasteiger partial charge is 0.481 e. The Hall–Kier alpha value is -0.570. The summed E-state index contributed by atoms with van der Waals surface area (Å²) >= 11 is 0. The van der Waals surface area contributed by atoms with Gasteiger partial charge in [-0.25, -0.2) is 0 Å².